The lowest BCUT2D eigenvalue weighted by Gasteiger charge is -2.08. The van der Waals surface area contributed by atoms with Crippen LogP contribution in [0, 0.1) is 6.92 Å². The Morgan fingerprint density at radius 2 is 1.64 bits per heavy atom. The second kappa shape index (κ2) is 9.46. The molecule has 3 aromatic rings. The number of hydrogen-bond acceptors (Lipinski definition) is 3. The first kappa shape index (κ1) is 19.3. The summed E-state index contributed by atoms with van der Waals surface area (Å²) in [7, 11) is 0. The van der Waals surface area contributed by atoms with E-state index in [0.717, 1.165) is 18.4 Å². The van der Waals surface area contributed by atoms with Gasteiger partial charge in [-0.25, -0.2) is 0 Å². The lowest BCUT2D eigenvalue weighted by atomic mass is 10.1. The molecule has 0 aliphatic rings. The number of pyridine rings is 1. The third-order valence-corrected chi connectivity index (χ3v) is 4.31. The highest BCUT2D eigenvalue weighted by molar-refractivity contribution is 6.05. The van der Waals surface area contributed by atoms with E-state index in [-0.39, 0.29) is 11.8 Å². The van der Waals surface area contributed by atoms with E-state index in [1.54, 1.807) is 6.07 Å². The molecule has 0 atom stereocenters. The molecule has 0 fully saturated rings. The second-order valence-electron chi connectivity index (χ2n) is 6.63. The first-order chi connectivity index (χ1) is 13.6. The molecule has 0 bridgehead atoms. The number of nitrogens with one attached hydrogen (secondary N) is 2. The molecule has 0 aliphatic carbocycles. The van der Waals surface area contributed by atoms with Crippen molar-refractivity contribution in [2.75, 3.05) is 11.9 Å². The van der Waals surface area contributed by atoms with Crippen LogP contribution < -0.4 is 10.6 Å². The molecule has 0 radical (unpaired) electrons. The molecule has 5 nitrogen and oxygen atoms in total. The Hall–Kier alpha value is -3.47. The molecule has 3 rings (SSSR count). The molecule has 0 unspecified atom stereocenters. The van der Waals surface area contributed by atoms with Crippen molar-refractivity contribution >= 4 is 17.5 Å². The van der Waals surface area contributed by atoms with Crippen LogP contribution in [0.1, 0.15) is 38.3 Å². The van der Waals surface area contributed by atoms with Gasteiger partial charge in [-0.2, -0.15) is 0 Å². The van der Waals surface area contributed by atoms with Crippen LogP contribution in [0.4, 0.5) is 5.69 Å². The smallest absolute Gasteiger partial charge is 0.257 e. The van der Waals surface area contributed by atoms with Gasteiger partial charge in [-0.1, -0.05) is 42.5 Å². The van der Waals surface area contributed by atoms with E-state index in [4.69, 9.17) is 0 Å². The molecule has 0 saturated heterocycles. The molecule has 2 N–H and O–H groups in total. The van der Waals surface area contributed by atoms with Gasteiger partial charge < -0.3 is 10.6 Å². The van der Waals surface area contributed by atoms with E-state index >= 15 is 0 Å². The van der Waals surface area contributed by atoms with E-state index < -0.39 is 0 Å². The summed E-state index contributed by atoms with van der Waals surface area (Å²) in [6.07, 6.45) is 4.67. The summed E-state index contributed by atoms with van der Waals surface area (Å²) >= 11 is 0. The van der Waals surface area contributed by atoms with E-state index in [1.165, 1.54) is 18.0 Å². The van der Waals surface area contributed by atoms with Gasteiger partial charge in [-0.15, -0.1) is 0 Å². The van der Waals surface area contributed by atoms with Crippen LogP contribution in [-0.2, 0) is 6.42 Å². The van der Waals surface area contributed by atoms with Crippen molar-refractivity contribution < 1.29 is 9.59 Å². The zero-order valence-electron chi connectivity index (χ0n) is 15.8. The summed E-state index contributed by atoms with van der Waals surface area (Å²) in [5.41, 5.74) is 3.73. The predicted octanol–water partition coefficient (Wildman–Crippen LogP) is 4.00. The van der Waals surface area contributed by atoms with Gasteiger partial charge in [0.2, 0.25) is 0 Å². The number of carbonyl (C=O) groups excluding carboxylic acids is 2. The average Bonchev–Trinajstić information content (AvgIpc) is 2.72. The molecular weight excluding hydrogens is 350 g/mol. The number of nitrogens with zero attached hydrogens (tertiary/aromatic N) is 1. The highest BCUT2D eigenvalue weighted by Crippen LogP contribution is 2.12. The van der Waals surface area contributed by atoms with Crippen LogP contribution in [-0.4, -0.2) is 23.3 Å². The van der Waals surface area contributed by atoms with Gasteiger partial charge in [0.05, 0.1) is 11.1 Å². The molecule has 142 valence electrons. The van der Waals surface area contributed by atoms with Gasteiger partial charge in [-0.05, 0) is 49.1 Å². The monoisotopic (exact) mass is 373 g/mol. The summed E-state index contributed by atoms with van der Waals surface area (Å²) in [4.78, 5) is 28.8. The Kier molecular flexibility index (Phi) is 6.52. The van der Waals surface area contributed by atoms with Gasteiger partial charge >= 0.3 is 0 Å². The third kappa shape index (κ3) is 5.51. The van der Waals surface area contributed by atoms with Crippen molar-refractivity contribution in [1.82, 2.24) is 10.3 Å². The quantitative estimate of drug-likeness (QED) is 0.615. The lowest BCUT2D eigenvalue weighted by molar-refractivity contribution is 0.0953. The predicted molar refractivity (Wildman–Crippen MR) is 110 cm³/mol. The summed E-state index contributed by atoms with van der Waals surface area (Å²) < 4.78 is 0. The first-order valence-corrected chi connectivity index (χ1v) is 9.27. The molecule has 0 spiro atoms. The number of benzene rings is 2. The maximum atomic E-state index is 12.4. The summed E-state index contributed by atoms with van der Waals surface area (Å²) in [5.74, 6) is -0.525. The van der Waals surface area contributed by atoms with Crippen molar-refractivity contribution in [1.29, 1.82) is 0 Å². The van der Waals surface area contributed by atoms with E-state index in [1.807, 2.05) is 49.4 Å². The van der Waals surface area contributed by atoms with Crippen LogP contribution >= 0.6 is 0 Å². The van der Waals surface area contributed by atoms with Crippen LogP contribution in [0.15, 0.2) is 73.1 Å². The first-order valence-electron chi connectivity index (χ1n) is 9.27. The number of anilines is 1. The maximum absolute atomic E-state index is 12.4. The van der Waals surface area contributed by atoms with E-state index in [2.05, 4.69) is 27.8 Å². The molecule has 28 heavy (non-hydrogen) atoms. The highest BCUT2D eigenvalue weighted by Gasteiger charge is 2.11. The summed E-state index contributed by atoms with van der Waals surface area (Å²) in [6, 6.07) is 19.2. The standard InChI is InChI=1S/C23H23N3O2/c1-17-7-5-11-21(13-17)26-23(28)20-14-19(15-24-16-20)22(27)25-12-6-10-18-8-3-2-4-9-18/h2-5,7-9,11,13-16H,6,10,12H2,1H3,(H,25,27)(H,26,28). The number of carbonyl (C=O) groups is 2. The van der Waals surface area contributed by atoms with Crippen LogP contribution in [0.3, 0.4) is 0 Å². The zero-order valence-corrected chi connectivity index (χ0v) is 15.8. The minimum atomic E-state index is -0.295. The Morgan fingerprint density at radius 3 is 2.39 bits per heavy atom. The Morgan fingerprint density at radius 1 is 0.893 bits per heavy atom. The van der Waals surface area contributed by atoms with Crippen molar-refractivity contribution in [2.24, 2.45) is 0 Å². The van der Waals surface area contributed by atoms with Gasteiger partial charge in [0.25, 0.3) is 11.8 Å². The van der Waals surface area contributed by atoms with Crippen molar-refractivity contribution in [2.45, 2.75) is 19.8 Å². The van der Waals surface area contributed by atoms with Crippen LogP contribution in [0.5, 0.6) is 0 Å². The topological polar surface area (TPSA) is 71.1 Å². The third-order valence-electron chi connectivity index (χ3n) is 4.31. The molecular formula is C23H23N3O2. The van der Waals surface area contributed by atoms with Crippen molar-refractivity contribution in [3.63, 3.8) is 0 Å². The number of rotatable bonds is 7. The van der Waals surface area contributed by atoms with Crippen LogP contribution in [0.25, 0.3) is 0 Å². The molecule has 2 amide bonds. The molecule has 0 saturated carbocycles. The van der Waals surface area contributed by atoms with Crippen LogP contribution in [0.2, 0.25) is 0 Å². The Bertz CT molecular complexity index is 955. The fraction of sp³-hybridized carbons (Fsp3) is 0.174. The molecule has 2 aromatic carbocycles. The minimum absolute atomic E-state index is 0.231. The summed E-state index contributed by atoms with van der Waals surface area (Å²) in [6.45, 7) is 2.52. The zero-order chi connectivity index (χ0) is 19.8. The fourth-order valence-corrected chi connectivity index (χ4v) is 2.86. The van der Waals surface area contributed by atoms with Gasteiger partial charge in [0, 0.05) is 24.6 Å². The number of aryl methyl sites for hydroxylation is 2. The van der Waals surface area contributed by atoms with Gasteiger partial charge in [0.1, 0.15) is 0 Å². The fourth-order valence-electron chi connectivity index (χ4n) is 2.86. The van der Waals surface area contributed by atoms with E-state index in [9.17, 15) is 9.59 Å². The number of hydrogen-bond donors (Lipinski definition) is 2. The van der Waals surface area contributed by atoms with E-state index in [0.29, 0.717) is 23.4 Å². The van der Waals surface area contributed by atoms with Crippen molar-refractivity contribution in [3.8, 4) is 0 Å². The molecule has 0 aliphatic heterocycles. The average molecular weight is 373 g/mol. The molecule has 1 heterocycles. The second-order valence-corrected chi connectivity index (χ2v) is 6.63. The molecule has 1 aromatic heterocycles. The number of aromatic nitrogens is 1. The largest absolute Gasteiger partial charge is 0.352 e. The van der Waals surface area contributed by atoms with Gasteiger partial charge in [0.15, 0.2) is 0 Å². The van der Waals surface area contributed by atoms with Gasteiger partial charge in [-0.3, -0.25) is 14.6 Å². The minimum Gasteiger partial charge on any atom is -0.352 e. The Balaban J connectivity index is 1.54. The normalized spacial score (nSPS) is 10.3. The van der Waals surface area contributed by atoms with Crippen molar-refractivity contribution in [3.05, 3.63) is 95.3 Å². The SMILES string of the molecule is Cc1cccc(NC(=O)c2cncc(C(=O)NCCCc3ccccc3)c2)c1. The highest BCUT2D eigenvalue weighted by atomic mass is 16.2. The Labute approximate surface area is 164 Å². The summed E-state index contributed by atoms with van der Waals surface area (Å²) in [5, 5.41) is 5.71. The molecule has 5 heteroatoms. The lowest BCUT2D eigenvalue weighted by Crippen LogP contribution is -2.25. The maximum Gasteiger partial charge on any atom is 0.257 e. The number of amides is 2.